The van der Waals surface area contributed by atoms with E-state index >= 15 is 0 Å². The normalized spacial score (nSPS) is 12.2. The molecule has 0 saturated carbocycles. The average molecular weight is 328 g/mol. The summed E-state index contributed by atoms with van der Waals surface area (Å²) in [6.45, 7) is 4.45. The fourth-order valence-electron chi connectivity index (χ4n) is 2.26. The molecular weight excluding hydrogens is 300 g/mol. The molecule has 0 bridgehead atoms. The maximum absolute atomic E-state index is 12.0. The number of benzene rings is 1. The van der Waals surface area contributed by atoms with Crippen molar-refractivity contribution in [3.05, 3.63) is 29.8 Å². The van der Waals surface area contributed by atoms with Crippen LogP contribution in [-0.2, 0) is 4.79 Å². The van der Waals surface area contributed by atoms with Gasteiger partial charge in [0.2, 0.25) is 5.91 Å². The molecule has 1 rings (SSSR count). The van der Waals surface area contributed by atoms with Crippen LogP contribution in [0.5, 0.6) is 0 Å². The van der Waals surface area contributed by atoms with Crippen molar-refractivity contribution in [2.75, 3.05) is 18.9 Å². The van der Waals surface area contributed by atoms with Gasteiger partial charge in [0.25, 0.3) is 0 Å². The van der Waals surface area contributed by atoms with Crippen LogP contribution in [0.4, 0.5) is 5.69 Å². The molecule has 0 aliphatic heterocycles. The van der Waals surface area contributed by atoms with Crippen molar-refractivity contribution in [3.8, 4) is 12.3 Å². The minimum absolute atomic E-state index is 0.141. The topological polar surface area (TPSA) is 65.5 Å². The molecule has 0 aliphatic carbocycles. The highest BCUT2D eigenvalue weighted by Gasteiger charge is 2.07. The molecule has 24 heavy (non-hydrogen) atoms. The van der Waals surface area contributed by atoms with Gasteiger partial charge in [-0.1, -0.05) is 38.2 Å². The number of terminal acetylenes is 1. The van der Waals surface area contributed by atoms with Gasteiger partial charge in [-0.25, -0.2) is 0 Å². The predicted octanol–water partition coefficient (Wildman–Crippen LogP) is 2.74. The van der Waals surface area contributed by atoms with Crippen LogP contribution in [0.1, 0.15) is 45.1 Å². The van der Waals surface area contributed by atoms with Gasteiger partial charge in [0.1, 0.15) is 0 Å². The lowest BCUT2D eigenvalue weighted by Gasteiger charge is -2.17. The highest BCUT2D eigenvalue weighted by molar-refractivity contribution is 5.95. The zero-order chi connectivity index (χ0) is 17.8. The van der Waals surface area contributed by atoms with Crippen LogP contribution in [0.2, 0.25) is 0 Å². The van der Waals surface area contributed by atoms with Crippen molar-refractivity contribution >= 4 is 17.6 Å². The average Bonchev–Trinajstić information content (AvgIpc) is 2.59. The Morgan fingerprint density at radius 2 is 2.17 bits per heavy atom. The Morgan fingerprint density at radius 3 is 2.83 bits per heavy atom. The van der Waals surface area contributed by atoms with E-state index in [2.05, 4.69) is 40.7 Å². The van der Waals surface area contributed by atoms with E-state index in [1.165, 1.54) is 19.3 Å². The molecule has 1 amide bonds. The summed E-state index contributed by atoms with van der Waals surface area (Å²) in [7, 11) is 1.70. The van der Waals surface area contributed by atoms with Gasteiger partial charge in [0.15, 0.2) is 5.96 Å². The Labute approximate surface area is 145 Å². The Balaban J connectivity index is 2.39. The van der Waals surface area contributed by atoms with Crippen LogP contribution in [0, 0.1) is 12.3 Å². The second kappa shape index (κ2) is 11.1. The van der Waals surface area contributed by atoms with Crippen LogP contribution in [0.15, 0.2) is 29.3 Å². The van der Waals surface area contributed by atoms with Crippen LogP contribution >= 0.6 is 0 Å². The lowest BCUT2D eigenvalue weighted by molar-refractivity contribution is -0.115. The first-order chi connectivity index (χ1) is 11.6. The molecule has 130 valence electrons. The quantitative estimate of drug-likeness (QED) is 0.297. The number of guanidine groups is 1. The number of rotatable bonds is 8. The molecule has 1 atom stereocenters. The van der Waals surface area contributed by atoms with Gasteiger partial charge in [-0.15, -0.1) is 6.42 Å². The Morgan fingerprint density at radius 1 is 1.38 bits per heavy atom. The smallest absolute Gasteiger partial charge is 0.243 e. The van der Waals surface area contributed by atoms with E-state index < -0.39 is 0 Å². The number of anilines is 1. The zero-order valence-corrected chi connectivity index (χ0v) is 14.9. The molecule has 0 radical (unpaired) electrons. The van der Waals surface area contributed by atoms with Gasteiger partial charge in [0.05, 0.1) is 6.54 Å². The van der Waals surface area contributed by atoms with E-state index in [0.29, 0.717) is 17.7 Å². The summed E-state index contributed by atoms with van der Waals surface area (Å²) in [6, 6.07) is 7.52. The summed E-state index contributed by atoms with van der Waals surface area (Å²) in [6.07, 6.45) is 10.1. The summed E-state index contributed by atoms with van der Waals surface area (Å²) in [4.78, 5) is 16.2. The number of hydrogen-bond donors (Lipinski definition) is 3. The standard InChI is InChI=1S/C19H28N4O/c1-5-7-8-10-15(3)22-19(20-4)21-14-18(24)23-17-12-9-11-16(6-2)13-17/h2,9,11-13,15H,5,7-8,10,14H2,1,3-4H3,(H,23,24)(H2,20,21,22). The minimum atomic E-state index is -0.147. The van der Waals surface area contributed by atoms with E-state index in [1.807, 2.05) is 18.2 Å². The van der Waals surface area contributed by atoms with Crippen LogP contribution in [0.25, 0.3) is 0 Å². The molecule has 0 fully saturated rings. The summed E-state index contributed by atoms with van der Waals surface area (Å²) < 4.78 is 0. The molecule has 0 aliphatic rings. The SMILES string of the molecule is C#Cc1cccc(NC(=O)CNC(=NC)NC(C)CCCCC)c1. The molecule has 3 N–H and O–H groups in total. The number of carbonyl (C=O) groups is 1. The zero-order valence-electron chi connectivity index (χ0n) is 14.9. The molecule has 0 saturated heterocycles. The highest BCUT2D eigenvalue weighted by Crippen LogP contribution is 2.09. The third kappa shape index (κ3) is 7.68. The molecule has 0 heterocycles. The summed E-state index contributed by atoms with van der Waals surface area (Å²) >= 11 is 0. The second-order valence-electron chi connectivity index (χ2n) is 5.74. The first-order valence-corrected chi connectivity index (χ1v) is 8.42. The second-order valence-corrected chi connectivity index (χ2v) is 5.74. The van der Waals surface area contributed by atoms with Gasteiger partial charge >= 0.3 is 0 Å². The lowest BCUT2D eigenvalue weighted by Crippen LogP contribution is -2.44. The summed E-state index contributed by atoms with van der Waals surface area (Å²) in [5, 5.41) is 9.13. The van der Waals surface area contributed by atoms with Gasteiger partial charge in [-0.05, 0) is 31.5 Å². The third-order valence-electron chi connectivity index (χ3n) is 3.58. The van der Waals surface area contributed by atoms with Gasteiger partial charge < -0.3 is 16.0 Å². The molecular formula is C19H28N4O. The lowest BCUT2D eigenvalue weighted by atomic mass is 10.1. The third-order valence-corrected chi connectivity index (χ3v) is 3.58. The Kier molecular flexibility index (Phi) is 9.06. The number of amides is 1. The molecule has 1 unspecified atom stereocenters. The largest absolute Gasteiger partial charge is 0.354 e. The molecule has 5 heteroatoms. The first kappa shape index (κ1) is 19.6. The maximum atomic E-state index is 12.0. The highest BCUT2D eigenvalue weighted by atomic mass is 16.1. The first-order valence-electron chi connectivity index (χ1n) is 8.42. The number of unbranched alkanes of at least 4 members (excludes halogenated alkanes) is 2. The number of nitrogens with one attached hydrogen (secondary N) is 3. The minimum Gasteiger partial charge on any atom is -0.354 e. The van der Waals surface area contributed by atoms with Crippen LogP contribution in [0.3, 0.4) is 0 Å². The fourth-order valence-corrected chi connectivity index (χ4v) is 2.26. The van der Waals surface area contributed by atoms with Crippen LogP contribution < -0.4 is 16.0 Å². The monoisotopic (exact) mass is 328 g/mol. The van der Waals surface area contributed by atoms with E-state index in [4.69, 9.17) is 6.42 Å². The van der Waals surface area contributed by atoms with Gasteiger partial charge in [0, 0.05) is 24.3 Å². The van der Waals surface area contributed by atoms with Crippen LogP contribution in [-0.4, -0.2) is 31.5 Å². The fraction of sp³-hybridized carbons (Fsp3) is 0.474. The van der Waals surface area contributed by atoms with Crippen molar-refractivity contribution in [2.24, 2.45) is 4.99 Å². The van der Waals surface area contributed by atoms with Crippen molar-refractivity contribution in [3.63, 3.8) is 0 Å². The molecule has 5 nitrogen and oxygen atoms in total. The van der Waals surface area contributed by atoms with Crippen molar-refractivity contribution in [2.45, 2.75) is 45.6 Å². The van der Waals surface area contributed by atoms with Crippen molar-refractivity contribution in [1.29, 1.82) is 0 Å². The summed E-state index contributed by atoms with van der Waals surface area (Å²) in [5.41, 5.74) is 1.42. The Bertz CT molecular complexity index is 589. The number of aliphatic imine (C=N–C) groups is 1. The molecule has 1 aromatic carbocycles. The van der Waals surface area contributed by atoms with E-state index in [1.54, 1.807) is 13.1 Å². The maximum Gasteiger partial charge on any atom is 0.243 e. The van der Waals surface area contributed by atoms with Gasteiger partial charge in [-0.3, -0.25) is 9.79 Å². The number of carbonyl (C=O) groups excluding carboxylic acids is 1. The van der Waals surface area contributed by atoms with Gasteiger partial charge in [-0.2, -0.15) is 0 Å². The number of nitrogens with zero attached hydrogens (tertiary/aromatic N) is 1. The molecule has 0 aromatic heterocycles. The predicted molar refractivity (Wildman–Crippen MR) is 101 cm³/mol. The van der Waals surface area contributed by atoms with E-state index in [-0.39, 0.29) is 12.5 Å². The Hall–Kier alpha value is -2.48. The van der Waals surface area contributed by atoms with E-state index in [9.17, 15) is 4.79 Å². The number of hydrogen-bond acceptors (Lipinski definition) is 2. The molecule has 0 spiro atoms. The van der Waals surface area contributed by atoms with Crippen molar-refractivity contribution in [1.82, 2.24) is 10.6 Å². The van der Waals surface area contributed by atoms with Crippen molar-refractivity contribution < 1.29 is 4.79 Å². The summed E-state index contributed by atoms with van der Waals surface area (Å²) in [5.74, 6) is 3.03. The molecule has 1 aromatic rings. The van der Waals surface area contributed by atoms with E-state index in [0.717, 1.165) is 12.0 Å².